The summed E-state index contributed by atoms with van der Waals surface area (Å²) in [7, 11) is 0. The summed E-state index contributed by atoms with van der Waals surface area (Å²) in [6.07, 6.45) is 4.04. The predicted molar refractivity (Wildman–Crippen MR) is 77.6 cm³/mol. The number of nitrogens with zero attached hydrogens (tertiary/aromatic N) is 2. The zero-order valence-electron chi connectivity index (χ0n) is 11.6. The van der Waals surface area contributed by atoms with Gasteiger partial charge in [0.25, 0.3) is 0 Å². The second-order valence-electron chi connectivity index (χ2n) is 4.62. The number of aromatic nitrogens is 2. The molecule has 108 valence electrons. The highest BCUT2D eigenvalue weighted by atomic mass is 35.5. The van der Waals surface area contributed by atoms with Gasteiger partial charge in [0.15, 0.2) is 0 Å². The molecule has 0 spiro atoms. The van der Waals surface area contributed by atoms with Gasteiger partial charge in [0.2, 0.25) is 0 Å². The van der Waals surface area contributed by atoms with Gasteiger partial charge in [-0.15, -0.1) is 0 Å². The van der Waals surface area contributed by atoms with Gasteiger partial charge in [-0.2, -0.15) is 5.10 Å². The van der Waals surface area contributed by atoms with Crippen molar-refractivity contribution in [3.63, 3.8) is 0 Å². The van der Waals surface area contributed by atoms with Crippen molar-refractivity contribution in [1.29, 1.82) is 0 Å². The van der Waals surface area contributed by atoms with E-state index in [9.17, 15) is 4.39 Å². The molecular formula is C15H18ClFN2O. The van der Waals surface area contributed by atoms with E-state index in [2.05, 4.69) is 18.9 Å². The van der Waals surface area contributed by atoms with Crippen LogP contribution < -0.4 is 4.74 Å². The van der Waals surface area contributed by atoms with Crippen LogP contribution >= 0.6 is 11.6 Å². The summed E-state index contributed by atoms with van der Waals surface area (Å²) in [4.78, 5) is 0. The van der Waals surface area contributed by atoms with E-state index in [1.54, 1.807) is 6.07 Å². The Bertz CT molecular complexity index is 567. The summed E-state index contributed by atoms with van der Waals surface area (Å²) in [5, 5.41) is 4.57. The quantitative estimate of drug-likeness (QED) is 0.778. The van der Waals surface area contributed by atoms with Gasteiger partial charge in [-0.25, -0.2) is 4.39 Å². The first-order valence-corrected chi connectivity index (χ1v) is 7.13. The molecule has 0 atom stereocenters. The van der Waals surface area contributed by atoms with E-state index in [1.165, 1.54) is 12.1 Å². The Morgan fingerprint density at radius 2 is 2.05 bits per heavy atom. The van der Waals surface area contributed by atoms with Crippen LogP contribution in [0.2, 0.25) is 5.02 Å². The van der Waals surface area contributed by atoms with Crippen LogP contribution in [0.25, 0.3) is 0 Å². The van der Waals surface area contributed by atoms with Gasteiger partial charge in [0, 0.05) is 12.3 Å². The van der Waals surface area contributed by atoms with Crippen molar-refractivity contribution < 1.29 is 9.13 Å². The van der Waals surface area contributed by atoms with Gasteiger partial charge < -0.3 is 4.74 Å². The molecule has 0 fully saturated rings. The number of halogens is 2. The molecular weight excluding hydrogens is 279 g/mol. The minimum atomic E-state index is -0.480. The fourth-order valence-corrected chi connectivity index (χ4v) is 2.16. The predicted octanol–water partition coefficient (Wildman–Crippen LogP) is 4.62. The third-order valence-electron chi connectivity index (χ3n) is 3.26. The summed E-state index contributed by atoms with van der Waals surface area (Å²) >= 11 is 5.62. The number of benzene rings is 1. The van der Waals surface area contributed by atoms with Gasteiger partial charge >= 0.3 is 0 Å². The summed E-state index contributed by atoms with van der Waals surface area (Å²) in [6, 6.07) is 6.74. The monoisotopic (exact) mass is 296 g/mol. The van der Waals surface area contributed by atoms with E-state index in [4.69, 9.17) is 16.3 Å². The molecule has 5 heteroatoms. The molecule has 0 aliphatic heterocycles. The van der Waals surface area contributed by atoms with Crippen molar-refractivity contribution in [3.8, 4) is 5.75 Å². The number of hydrogen-bond donors (Lipinski definition) is 0. The molecule has 0 radical (unpaired) electrons. The Morgan fingerprint density at radius 3 is 2.70 bits per heavy atom. The molecule has 0 bridgehead atoms. The standard InChI is InChI=1S/C15H18ClFN2O/c1-3-12(4-2)19-8-7-11(18-19)10-20-13-5-6-14(16)15(17)9-13/h5-9,12H,3-4,10H2,1-2H3. The zero-order chi connectivity index (χ0) is 14.5. The molecule has 0 unspecified atom stereocenters. The van der Waals surface area contributed by atoms with Crippen LogP contribution in [-0.4, -0.2) is 9.78 Å². The van der Waals surface area contributed by atoms with E-state index < -0.39 is 5.82 Å². The smallest absolute Gasteiger partial charge is 0.145 e. The van der Waals surface area contributed by atoms with Crippen molar-refractivity contribution in [2.75, 3.05) is 0 Å². The van der Waals surface area contributed by atoms with Crippen molar-refractivity contribution in [3.05, 3.63) is 47.0 Å². The van der Waals surface area contributed by atoms with E-state index in [0.29, 0.717) is 18.4 Å². The van der Waals surface area contributed by atoms with Crippen LogP contribution in [0, 0.1) is 5.82 Å². The lowest BCUT2D eigenvalue weighted by molar-refractivity contribution is 0.295. The maximum absolute atomic E-state index is 13.3. The molecule has 0 aliphatic rings. The second-order valence-corrected chi connectivity index (χ2v) is 5.03. The fourth-order valence-electron chi connectivity index (χ4n) is 2.04. The van der Waals surface area contributed by atoms with E-state index >= 15 is 0 Å². The molecule has 2 rings (SSSR count). The first-order chi connectivity index (χ1) is 9.63. The normalized spacial score (nSPS) is 11.1. The Labute approximate surface area is 123 Å². The minimum absolute atomic E-state index is 0.0929. The molecule has 0 saturated heterocycles. The van der Waals surface area contributed by atoms with Crippen molar-refractivity contribution in [2.45, 2.75) is 39.3 Å². The second kappa shape index (κ2) is 6.75. The van der Waals surface area contributed by atoms with Gasteiger partial charge in [-0.05, 0) is 31.0 Å². The Balaban J connectivity index is 1.98. The lowest BCUT2D eigenvalue weighted by Crippen LogP contribution is -2.08. The van der Waals surface area contributed by atoms with Crippen LogP contribution in [0.5, 0.6) is 5.75 Å². The largest absolute Gasteiger partial charge is 0.487 e. The Hall–Kier alpha value is -1.55. The van der Waals surface area contributed by atoms with Crippen LogP contribution in [0.1, 0.15) is 38.4 Å². The maximum Gasteiger partial charge on any atom is 0.145 e. The molecule has 1 aromatic heterocycles. The highest BCUT2D eigenvalue weighted by molar-refractivity contribution is 6.30. The minimum Gasteiger partial charge on any atom is -0.487 e. The zero-order valence-corrected chi connectivity index (χ0v) is 12.4. The molecule has 20 heavy (non-hydrogen) atoms. The van der Waals surface area contributed by atoms with E-state index in [1.807, 2.05) is 16.9 Å². The van der Waals surface area contributed by atoms with Crippen LogP contribution in [0.4, 0.5) is 4.39 Å². The molecule has 1 heterocycles. The molecule has 0 amide bonds. The highest BCUT2D eigenvalue weighted by Gasteiger charge is 2.08. The fraction of sp³-hybridized carbons (Fsp3) is 0.400. The third kappa shape index (κ3) is 3.51. The van der Waals surface area contributed by atoms with Crippen molar-refractivity contribution >= 4 is 11.6 Å². The molecule has 3 nitrogen and oxygen atoms in total. The summed E-state index contributed by atoms with van der Waals surface area (Å²) in [5.41, 5.74) is 0.826. The lowest BCUT2D eigenvalue weighted by Gasteiger charge is -2.12. The number of rotatable bonds is 6. The average Bonchev–Trinajstić information content (AvgIpc) is 2.90. The van der Waals surface area contributed by atoms with Gasteiger partial charge in [-0.1, -0.05) is 25.4 Å². The Morgan fingerprint density at radius 1 is 1.30 bits per heavy atom. The molecule has 0 aliphatic carbocycles. The summed E-state index contributed by atoms with van der Waals surface area (Å²) < 4.78 is 20.7. The molecule has 2 aromatic rings. The van der Waals surface area contributed by atoms with Crippen LogP contribution in [-0.2, 0) is 6.61 Å². The average molecular weight is 297 g/mol. The van der Waals surface area contributed by atoms with E-state index in [-0.39, 0.29) is 5.02 Å². The van der Waals surface area contributed by atoms with Crippen LogP contribution in [0.3, 0.4) is 0 Å². The topological polar surface area (TPSA) is 27.1 Å². The summed E-state index contributed by atoms with van der Waals surface area (Å²) in [5.74, 6) is -0.0318. The number of ether oxygens (including phenoxy) is 1. The number of hydrogen-bond acceptors (Lipinski definition) is 2. The van der Waals surface area contributed by atoms with Crippen LogP contribution in [0.15, 0.2) is 30.5 Å². The van der Waals surface area contributed by atoms with Gasteiger partial charge in [-0.3, -0.25) is 4.68 Å². The molecule has 1 aromatic carbocycles. The molecule has 0 N–H and O–H groups in total. The highest BCUT2D eigenvalue weighted by Crippen LogP contribution is 2.21. The lowest BCUT2D eigenvalue weighted by atomic mass is 10.2. The third-order valence-corrected chi connectivity index (χ3v) is 3.56. The van der Waals surface area contributed by atoms with Gasteiger partial charge in [0.1, 0.15) is 18.2 Å². The van der Waals surface area contributed by atoms with Crippen molar-refractivity contribution in [2.24, 2.45) is 0 Å². The Kier molecular flexibility index (Phi) is 5.01. The maximum atomic E-state index is 13.3. The first-order valence-electron chi connectivity index (χ1n) is 6.76. The molecule has 0 saturated carbocycles. The SMILES string of the molecule is CCC(CC)n1ccc(COc2ccc(Cl)c(F)c2)n1. The van der Waals surface area contributed by atoms with Crippen molar-refractivity contribution in [1.82, 2.24) is 9.78 Å². The first kappa shape index (κ1) is 14.9. The van der Waals surface area contributed by atoms with E-state index in [0.717, 1.165) is 18.5 Å². The summed E-state index contributed by atoms with van der Waals surface area (Å²) in [6.45, 7) is 4.60. The van der Waals surface area contributed by atoms with Gasteiger partial charge in [0.05, 0.1) is 16.8 Å².